The molecule has 1 amide bonds. The summed E-state index contributed by atoms with van der Waals surface area (Å²) < 4.78 is 12.0. The van der Waals surface area contributed by atoms with Gasteiger partial charge in [0.15, 0.2) is 0 Å². The Morgan fingerprint density at radius 1 is 0.973 bits per heavy atom. The number of piperidine rings is 1. The number of amides is 1. The monoisotopic (exact) mass is 511 g/mol. The van der Waals surface area contributed by atoms with E-state index >= 15 is 0 Å². The van der Waals surface area contributed by atoms with E-state index in [9.17, 15) is 25.2 Å². The molecule has 5 rings (SSSR count). The summed E-state index contributed by atoms with van der Waals surface area (Å²) in [6, 6.07) is 14.1. The molecule has 0 spiro atoms. The Morgan fingerprint density at radius 2 is 1.68 bits per heavy atom. The average Bonchev–Trinajstić information content (AvgIpc) is 3.74. The van der Waals surface area contributed by atoms with Crippen molar-refractivity contribution >= 4 is 5.91 Å². The maximum atomic E-state index is 11.5. The van der Waals surface area contributed by atoms with Crippen molar-refractivity contribution in [3.63, 3.8) is 0 Å². The number of nitrogens with zero attached hydrogens (tertiary/aromatic N) is 1. The Balaban J connectivity index is 1.29. The van der Waals surface area contributed by atoms with Crippen LogP contribution in [0.4, 0.5) is 0 Å². The third-order valence-corrected chi connectivity index (χ3v) is 7.91. The predicted octanol–water partition coefficient (Wildman–Crippen LogP) is 2.06. The fraction of sp³-hybridized carbons (Fsp3) is 0.552. The minimum atomic E-state index is -1.40. The van der Waals surface area contributed by atoms with Gasteiger partial charge >= 0.3 is 0 Å². The molecule has 8 heteroatoms. The van der Waals surface area contributed by atoms with Crippen LogP contribution in [0.15, 0.2) is 42.5 Å². The van der Waals surface area contributed by atoms with Gasteiger partial charge in [-0.1, -0.05) is 30.3 Å². The molecule has 37 heavy (non-hydrogen) atoms. The molecule has 0 aromatic heterocycles. The Hall–Kier alpha value is -2.49. The van der Waals surface area contributed by atoms with Gasteiger partial charge < -0.3 is 34.8 Å². The molecule has 3 fully saturated rings. The van der Waals surface area contributed by atoms with E-state index in [4.69, 9.17) is 9.47 Å². The zero-order valence-corrected chi connectivity index (χ0v) is 21.2. The first-order valence-corrected chi connectivity index (χ1v) is 13.3. The molecular formula is C29H37NO7. The van der Waals surface area contributed by atoms with E-state index in [0.29, 0.717) is 17.9 Å². The van der Waals surface area contributed by atoms with E-state index in [1.165, 1.54) is 5.56 Å². The highest BCUT2D eigenvalue weighted by Crippen LogP contribution is 2.43. The van der Waals surface area contributed by atoms with Crippen LogP contribution in [0.3, 0.4) is 0 Å². The molecule has 2 saturated heterocycles. The maximum absolute atomic E-state index is 11.5. The smallest absolute Gasteiger partial charge is 0.219 e. The van der Waals surface area contributed by atoms with Gasteiger partial charge in [-0.25, -0.2) is 0 Å². The van der Waals surface area contributed by atoms with Gasteiger partial charge in [-0.3, -0.25) is 4.79 Å². The Kier molecular flexibility index (Phi) is 7.83. The number of carbonyl (C=O) groups is 1. The summed E-state index contributed by atoms with van der Waals surface area (Å²) in [5, 5.41) is 40.5. The van der Waals surface area contributed by atoms with Gasteiger partial charge in [-0.15, -0.1) is 0 Å². The molecule has 8 nitrogen and oxygen atoms in total. The van der Waals surface area contributed by atoms with Gasteiger partial charge in [0.05, 0.1) is 6.61 Å². The molecule has 2 aromatic rings. The molecular weight excluding hydrogens is 474 g/mol. The summed E-state index contributed by atoms with van der Waals surface area (Å²) in [4.78, 5) is 13.4. The van der Waals surface area contributed by atoms with Crippen molar-refractivity contribution in [2.75, 3.05) is 19.7 Å². The minimum Gasteiger partial charge on any atom is -0.490 e. The first-order chi connectivity index (χ1) is 17.8. The number of aliphatic hydroxyl groups is 4. The summed E-state index contributed by atoms with van der Waals surface area (Å²) in [6.45, 7) is 2.62. The van der Waals surface area contributed by atoms with Crippen molar-refractivity contribution < 1.29 is 34.7 Å². The summed E-state index contributed by atoms with van der Waals surface area (Å²) in [7, 11) is 0. The fourth-order valence-electron chi connectivity index (χ4n) is 5.51. The Morgan fingerprint density at radius 3 is 2.30 bits per heavy atom. The van der Waals surface area contributed by atoms with Crippen molar-refractivity contribution in [2.45, 2.75) is 81.6 Å². The molecule has 3 aliphatic rings. The normalized spacial score (nSPS) is 28.8. The average molecular weight is 512 g/mol. The summed E-state index contributed by atoms with van der Waals surface area (Å²) in [6.07, 6.45) is -1.06. The highest BCUT2D eigenvalue weighted by molar-refractivity contribution is 5.73. The van der Waals surface area contributed by atoms with E-state index in [-0.39, 0.29) is 12.0 Å². The van der Waals surface area contributed by atoms with E-state index in [2.05, 4.69) is 18.2 Å². The van der Waals surface area contributed by atoms with Crippen LogP contribution in [0.1, 0.15) is 66.9 Å². The number of benzene rings is 2. The number of hydrogen-bond acceptors (Lipinski definition) is 7. The first kappa shape index (κ1) is 26.1. The first-order valence-electron chi connectivity index (χ1n) is 13.3. The topological polar surface area (TPSA) is 120 Å². The summed E-state index contributed by atoms with van der Waals surface area (Å²) >= 11 is 0. The molecule has 1 unspecified atom stereocenters. The van der Waals surface area contributed by atoms with Crippen LogP contribution in [0, 0.1) is 0 Å². The van der Waals surface area contributed by atoms with Crippen molar-refractivity contribution in [1.29, 1.82) is 0 Å². The SMILES string of the molecule is CC(=O)N1CCC(Oc2ccc(Cc3cc([C@@H]4O[C@H](CO)[C@@H](O)C(O)[C@H]4O)ccc3C3CC3)cc2)CC1. The lowest BCUT2D eigenvalue weighted by molar-refractivity contribution is -0.231. The molecule has 0 bridgehead atoms. The highest BCUT2D eigenvalue weighted by Gasteiger charge is 2.44. The third-order valence-electron chi connectivity index (χ3n) is 7.91. The molecule has 2 aliphatic heterocycles. The van der Waals surface area contributed by atoms with E-state index in [1.54, 1.807) is 6.92 Å². The van der Waals surface area contributed by atoms with Gasteiger partial charge in [0.25, 0.3) is 0 Å². The third kappa shape index (κ3) is 5.84. The van der Waals surface area contributed by atoms with Gasteiger partial charge in [0, 0.05) is 32.9 Å². The maximum Gasteiger partial charge on any atom is 0.219 e. The van der Waals surface area contributed by atoms with Gasteiger partial charge in [0.1, 0.15) is 42.4 Å². The number of ether oxygens (including phenoxy) is 2. The summed E-state index contributed by atoms with van der Waals surface area (Å²) in [5.74, 6) is 1.47. The van der Waals surface area contributed by atoms with Gasteiger partial charge in [-0.2, -0.15) is 0 Å². The molecule has 1 saturated carbocycles. The summed E-state index contributed by atoms with van der Waals surface area (Å²) in [5.41, 5.74) is 4.27. The van der Waals surface area contributed by atoms with E-state index < -0.39 is 37.1 Å². The van der Waals surface area contributed by atoms with E-state index in [1.807, 2.05) is 29.2 Å². The van der Waals surface area contributed by atoms with Crippen LogP contribution in [0.5, 0.6) is 5.75 Å². The van der Waals surface area contributed by atoms with Crippen LogP contribution in [0.2, 0.25) is 0 Å². The Labute approximate surface area is 217 Å². The second-order valence-electron chi connectivity index (χ2n) is 10.6. The molecule has 5 atom stereocenters. The van der Waals surface area contributed by atoms with Crippen molar-refractivity contribution in [3.05, 3.63) is 64.7 Å². The van der Waals surface area contributed by atoms with E-state index in [0.717, 1.165) is 55.6 Å². The molecule has 2 heterocycles. The number of rotatable bonds is 7. The molecule has 1 aliphatic carbocycles. The predicted molar refractivity (Wildman–Crippen MR) is 136 cm³/mol. The second kappa shape index (κ2) is 11.1. The van der Waals surface area contributed by atoms with Crippen molar-refractivity contribution in [1.82, 2.24) is 4.90 Å². The zero-order valence-electron chi connectivity index (χ0n) is 21.2. The number of aliphatic hydroxyl groups excluding tert-OH is 4. The zero-order chi connectivity index (χ0) is 26.1. The molecule has 0 radical (unpaired) electrons. The van der Waals surface area contributed by atoms with Crippen LogP contribution in [-0.2, 0) is 16.0 Å². The lowest BCUT2D eigenvalue weighted by Crippen LogP contribution is -2.55. The van der Waals surface area contributed by atoms with Crippen LogP contribution in [0.25, 0.3) is 0 Å². The lowest BCUT2D eigenvalue weighted by Gasteiger charge is -2.40. The quantitative estimate of drug-likeness (QED) is 0.449. The van der Waals surface area contributed by atoms with Crippen LogP contribution in [-0.4, -0.2) is 81.4 Å². The van der Waals surface area contributed by atoms with Crippen LogP contribution < -0.4 is 4.74 Å². The Bertz CT molecular complexity index is 1080. The molecule has 2 aromatic carbocycles. The minimum absolute atomic E-state index is 0.109. The number of hydrogen-bond donors (Lipinski definition) is 4. The fourth-order valence-corrected chi connectivity index (χ4v) is 5.51. The lowest BCUT2D eigenvalue weighted by atomic mass is 9.88. The molecule has 200 valence electrons. The van der Waals surface area contributed by atoms with Crippen molar-refractivity contribution in [3.8, 4) is 5.75 Å². The van der Waals surface area contributed by atoms with Crippen molar-refractivity contribution in [2.24, 2.45) is 0 Å². The van der Waals surface area contributed by atoms with Gasteiger partial charge in [-0.05, 0) is 59.6 Å². The largest absolute Gasteiger partial charge is 0.490 e. The molecule has 4 N–H and O–H groups in total. The highest BCUT2D eigenvalue weighted by atomic mass is 16.5. The second-order valence-corrected chi connectivity index (χ2v) is 10.6. The number of carbonyl (C=O) groups excluding carboxylic acids is 1. The number of likely N-dealkylation sites (tertiary alicyclic amines) is 1. The van der Waals surface area contributed by atoms with Gasteiger partial charge in [0.2, 0.25) is 5.91 Å². The van der Waals surface area contributed by atoms with Crippen LogP contribution >= 0.6 is 0 Å². The standard InChI is InChI=1S/C29H37NO7/c1-17(32)30-12-10-23(11-13-30)36-22-7-2-18(3-8-22)14-21-15-20(6-9-24(21)19-4-5-19)29-28(35)27(34)26(33)25(16-31)37-29/h2-3,6-9,15,19,23,25-29,31,33-35H,4-5,10-14,16H2,1H3/t25-,26-,27?,28-,29+/m1/s1.